The predicted molar refractivity (Wildman–Crippen MR) is 114 cm³/mol. The first-order valence-electron chi connectivity index (χ1n) is 9.55. The number of carbonyl (C=O) groups excluding carboxylic acids is 1. The first-order chi connectivity index (χ1) is 14.2. The first kappa shape index (κ1) is 17.8. The summed E-state index contributed by atoms with van der Waals surface area (Å²) in [5.41, 5.74) is 3.68. The third-order valence-corrected chi connectivity index (χ3v) is 6.12. The fraction of sp³-hybridized carbons (Fsp3) is 0.238. The topological polar surface area (TPSA) is 67.2 Å². The molecule has 0 aliphatic carbocycles. The average Bonchev–Trinajstić information content (AvgIpc) is 3.40. The Morgan fingerprint density at radius 3 is 2.55 bits per heavy atom. The Hall–Kier alpha value is -3.26. The van der Waals surface area contributed by atoms with Crippen LogP contribution in [0.25, 0.3) is 16.0 Å². The summed E-state index contributed by atoms with van der Waals surface area (Å²) in [5, 5.41) is 5.29. The monoisotopic (exact) mass is 404 g/mol. The molecule has 1 aliphatic heterocycles. The maximum Gasteiger partial charge on any atom is 0.253 e. The van der Waals surface area contributed by atoms with Gasteiger partial charge in [0.1, 0.15) is 10.3 Å². The highest BCUT2D eigenvalue weighted by Crippen LogP contribution is 2.27. The molecule has 8 heteroatoms. The van der Waals surface area contributed by atoms with E-state index in [1.165, 1.54) is 0 Å². The van der Waals surface area contributed by atoms with Gasteiger partial charge in [0.15, 0.2) is 5.13 Å². The highest BCUT2D eigenvalue weighted by atomic mass is 32.1. The summed E-state index contributed by atoms with van der Waals surface area (Å²) in [6, 6.07) is 11.5. The van der Waals surface area contributed by atoms with Gasteiger partial charge in [-0.15, -0.1) is 0 Å². The second kappa shape index (κ2) is 7.29. The van der Waals surface area contributed by atoms with E-state index in [0.29, 0.717) is 18.7 Å². The van der Waals surface area contributed by atoms with Crippen molar-refractivity contribution in [2.24, 2.45) is 0 Å². The standard InChI is InChI=1S/C21H20N6OS/c1-15-13-23-27(14-15)17-6-4-16(5-7-17)20(28)25-9-11-26(12-10-25)21-24-18-3-2-8-22-19(18)29-21/h2-8,13-14H,9-12H2,1H3. The molecule has 146 valence electrons. The van der Waals surface area contributed by atoms with Gasteiger partial charge in [-0.2, -0.15) is 5.10 Å². The highest BCUT2D eigenvalue weighted by molar-refractivity contribution is 7.21. The molecular formula is C21H20N6OS. The van der Waals surface area contributed by atoms with Crippen LogP contribution < -0.4 is 4.90 Å². The van der Waals surface area contributed by atoms with Crippen molar-refractivity contribution in [3.63, 3.8) is 0 Å². The van der Waals surface area contributed by atoms with Crippen LogP contribution >= 0.6 is 11.3 Å². The van der Waals surface area contributed by atoms with Crippen LogP contribution in [0.2, 0.25) is 0 Å². The maximum atomic E-state index is 12.9. The number of piperazine rings is 1. The van der Waals surface area contributed by atoms with Crippen LogP contribution in [-0.2, 0) is 0 Å². The molecule has 0 radical (unpaired) electrons. The summed E-state index contributed by atoms with van der Waals surface area (Å²) in [4.78, 5) is 27.0. The lowest BCUT2D eigenvalue weighted by Gasteiger charge is -2.34. The van der Waals surface area contributed by atoms with Gasteiger partial charge in [0.05, 0.1) is 11.9 Å². The Morgan fingerprint density at radius 2 is 1.86 bits per heavy atom. The number of anilines is 1. The maximum absolute atomic E-state index is 12.9. The van der Waals surface area contributed by atoms with Crippen molar-refractivity contribution in [3.05, 3.63) is 66.1 Å². The highest BCUT2D eigenvalue weighted by Gasteiger charge is 2.24. The van der Waals surface area contributed by atoms with Crippen LogP contribution in [0.15, 0.2) is 55.0 Å². The number of aryl methyl sites for hydroxylation is 1. The quantitative estimate of drug-likeness (QED) is 0.525. The Morgan fingerprint density at radius 1 is 1.07 bits per heavy atom. The van der Waals surface area contributed by atoms with E-state index in [2.05, 4.69) is 20.0 Å². The molecule has 1 fully saturated rings. The van der Waals surface area contributed by atoms with Gasteiger partial charge < -0.3 is 9.80 Å². The fourth-order valence-electron chi connectivity index (χ4n) is 3.49. The lowest BCUT2D eigenvalue weighted by Crippen LogP contribution is -2.48. The number of rotatable bonds is 3. The zero-order valence-corrected chi connectivity index (χ0v) is 16.8. The molecular weight excluding hydrogens is 384 g/mol. The molecule has 29 heavy (non-hydrogen) atoms. The van der Waals surface area contributed by atoms with Gasteiger partial charge in [-0.25, -0.2) is 14.6 Å². The Bertz CT molecular complexity index is 1120. The summed E-state index contributed by atoms with van der Waals surface area (Å²) in [7, 11) is 0. The second-order valence-electron chi connectivity index (χ2n) is 7.11. The molecule has 1 aromatic carbocycles. The minimum absolute atomic E-state index is 0.0683. The third kappa shape index (κ3) is 3.47. The van der Waals surface area contributed by atoms with Gasteiger partial charge in [-0.1, -0.05) is 11.3 Å². The zero-order valence-electron chi connectivity index (χ0n) is 16.0. The van der Waals surface area contributed by atoms with Gasteiger partial charge in [0.25, 0.3) is 5.91 Å². The van der Waals surface area contributed by atoms with E-state index in [0.717, 1.165) is 39.8 Å². The molecule has 1 amide bonds. The Balaban J connectivity index is 1.25. The van der Waals surface area contributed by atoms with Crippen LogP contribution in [0.1, 0.15) is 15.9 Å². The van der Waals surface area contributed by atoms with Crippen molar-refractivity contribution >= 4 is 32.7 Å². The first-order valence-corrected chi connectivity index (χ1v) is 10.4. The number of pyridine rings is 1. The van der Waals surface area contributed by atoms with E-state index in [1.54, 1.807) is 17.5 Å². The molecule has 3 aromatic heterocycles. The normalized spacial score (nSPS) is 14.5. The summed E-state index contributed by atoms with van der Waals surface area (Å²) < 4.78 is 1.81. The molecule has 4 aromatic rings. The summed E-state index contributed by atoms with van der Waals surface area (Å²) in [6.07, 6.45) is 5.58. The number of aromatic nitrogens is 4. The second-order valence-corrected chi connectivity index (χ2v) is 8.07. The van der Waals surface area contributed by atoms with Crippen molar-refractivity contribution in [2.75, 3.05) is 31.1 Å². The van der Waals surface area contributed by atoms with Crippen LogP contribution in [-0.4, -0.2) is 56.7 Å². The molecule has 7 nitrogen and oxygen atoms in total. The minimum atomic E-state index is 0.0683. The van der Waals surface area contributed by atoms with Crippen molar-refractivity contribution < 1.29 is 4.79 Å². The molecule has 0 atom stereocenters. The number of nitrogens with zero attached hydrogens (tertiary/aromatic N) is 6. The van der Waals surface area contributed by atoms with E-state index in [-0.39, 0.29) is 5.91 Å². The number of benzene rings is 1. The van der Waals surface area contributed by atoms with Crippen molar-refractivity contribution in [1.82, 2.24) is 24.6 Å². The molecule has 0 bridgehead atoms. The van der Waals surface area contributed by atoms with Crippen molar-refractivity contribution in [1.29, 1.82) is 0 Å². The fourth-order valence-corrected chi connectivity index (χ4v) is 4.45. The van der Waals surface area contributed by atoms with Crippen molar-refractivity contribution in [3.8, 4) is 5.69 Å². The van der Waals surface area contributed by atoms with Crippen LogP contribution in [0, 0.1) is 6.92 Å². The Labute approximate surface area is 172 Å². The van der Waals surface area contributed by atoms with Gasteiger partial charge in [-0.05, 0) is 48.9 Å². The average molecular weight is 404 g/mol. The molecule has 0 spiro atoms. The van der Waals surface area contributed by atoms with Gasteiger partial charge >= 0.3 is 0 Å². The lowest BCUT2D eigenvalue weighted by molar-refractivity contribution is 0.0747. The van der Waals surface area contributed by atoms with E-state index >= 15 is 0 Å². The smallest absolute Gasteiger partial charge is 0.253 e. The van der Waals surface area contributed by atoms with Gasteiger partial charge in [0.2, 0.25) is 0 Å². The van der Waals surface area contributed by atoms with E-state index in [1.807, 2.05) is 65.3 Å². The van der Waals surface area contributed by atoms with E-state index < -0.39 is 0 Å². The van der Waals surface area contributed by atoms with Crippen LogP contribution in [0.3, 0.4) is 0 Å². The minimum Gasteiger partial charge on any atom is -0.344 e. The van der Waals surface area contributed by atoms with Gasteiger partial charge in [-0.3, -0.25) is 4.79 Å². The molecule has 0 saturated carbocycles. The number of hydrogen-bond acceptors (Lipinski definition) is 6. The number of fused-ring (bicyclic) bond motifs is 1. The van der Waals surface area contributed by atoms with Crippen LogP contribution in [0.5, 0.6) is 0 Å². The molecule has 1 aliphatic rings. The van der Waals surface area contributed by atoms with Gasteiger partial charge in [0, 0.05) is 44.1 Å². The van der Waals surface area contributed by atoms with Crippen LogP contribution in [0.4, 0.5) is 5.13 Å². The zero-order chi connectivity index (χ0) is 19.8. The molecule has 1 saturated heterocycles. The Kier molecular flexibility index (Phi) is 4.48. The largest absolute Gasteiger partial charge is 0.344 e. The van der Waals surface area contributed by atoms with E-state index in [9.17, 15) is 4.79 Å². The van der Waals surface area contributed by atoms with E-state index in [4.69, 9.17) is 0 Å². The summed E-state index contributed by atoms with van der Waals surface area (Å²) in [6.45, 7) is 4.92. The lowest BCUT2D eigenvalue weighted by atomic mass is 10.1. The molecule has 0 N–H and O–H groups in total. The molecule has 4 heterocycles. The summed E-state index contributed by atoms with van der Waals surface area (Å²) >= 11 is 1.60. The summed E-state index contributed by atoms with van der Waals surface area (Å²) in [5.74, 6) is 0.0683. The number of thiazole rings is 1. The number of carbonyl (C=O) groups is 1. The molecule has 0 unspecified atom stereocenters. The molecule has 5 rings (SSSR count). The number of amides is 1. The third-order valence-electron chi connectivity index (χ3n) is 5.08. The SMILES string of the molecule is Cc1cnn(-c2ccc(C(=O)N3CCN(c4nc5cccnc5s4)CC3)cc2)c1. The van der Waals surface area contributed by atoms with Crippen molar-refractivity contribution in [2.45, 2.75) is 6.92 Å². The number of hydrogen-bond donors (Lipinski definition) is 0. The predicted octanol–water partition coefficient (Wildman–Crippen LogP) is 3.15.